The van der Waals surface area contributed by atoms with Gasteiger partial charge in [0.25, 0.3) is 11.1 Å². The van der Waals surface area contributed by atoms with Crippen LogP contribution in [-0.4, -0.2) is 43.2 Å². The van der Waals surface area contributed by atoms with Crippen LogP contribution in [0.3, 0.4) is 0 Å². The largest absolute Gasteiger partial charge is 0.497 e. The Hall–Kier alpha value is -2.91. The Morgan fingerprint density at radius 3 is 2.59 bits per heavy atom. The van der Waals surface area contributed by atoms with Crippen LogP contribution in [-0.2, 0) is 4.79 Å². The average molecular weight is 436 g/mol. The maximum Gasteiger partial charge on any atom is 0.277 e. The Morgan fingerprint density at radius 2 is 1.86 bits per heavy atom. The van der Waals surface area contributed by atoms with Crippen LogP contribution in [0.2, 0.25) is 5.02 Å². The summed E-state index contributed by atoms with van der Waals surface area (Å²) < 4.78 is 21.4. The van der Waals surface area contributed by atoms with Gasteiger partial charge in [-0.2, -0.15) is 0 Å². The molecule has 0 saturated carbocycles. The minimum absolute atomic E-state index is 0.0665. The third-order valence-corrected chi connectivity index (χ3v) is 4.86. The first-order valence-electron chi connectivity index (χ1n) is 8.36. The van der Waals surface area contributed by atoms with Crippen molar-refractivity contribution in [3.63, 3.8) is 0 Å². The number of nitrogens with zero attached hydrogens (tertiary/aromatic N) is 2. The summed E-state index contributed by atoms with van der Waals surface area (Å²) in [5.74, 6) is 1.78. The summed E-state index contributed by atoms with van der Waals surface area (Å²) in [6, 6.07) is 10.2. The predicted molar refractivity (Wildman–Crippen MR) is 110 cm³/mol. The third-order valence-electron chi connectivity index (χ3n) is 3.81. The third kappa shape index (κ3) is 5.12. The number of benzene rings is 2. The predicted octanol–water partition coefficient (Wildman–Crippen LogP) is 4.15. The van der Waals surface area contributed by atoms with E-state index in [0.717, 1.165) is 11.8 Å². The van der Waals surface area contributed by atoms with Crippen LogP contribution in [0.5, 0.6) is 17.2 Å². The molecule has 0 spiro atoms. The first-order chi connectivity index (χ1) is 14.0. The molecule has 1 heterocycles. The maximum atomic E-state index is 12.3. The molecule has 0 bridgehead atoms. The molecule has 1 amide bonds. The molecule has 0 aliphatic carbocycles. The zero-order valence-corrected chi connectivity index (χ0v) is 17.5. The quantitative estimate of drug-likeness (QED) is 0.527. The minimum Gasteiger partial charge on any atom is -0.497 e. The van der Waals surface area contributed by atoms with Gasteiger partial charge in [-0.15, -0.1) is 10.2 Å². The van der Waals surface area contributed by atoms with Crippen molar-refractivity contribution in [2.75, 3.05) is 32.4 Å². The van der Waals surface area contributed by atoms with Crippen molar-refractivity contribution in [3.05, 3.63) is 41.4 Å². The Morgan fingerprint density at radius 1 is 1.07 bits per heavy atom. The molecule has 1 N–H and O–H groups in total. The normalized spacial score (nSPS) is 10.5. The Labute approximate surface area is 176 Å². The van der Waals surface area contributed by atoms with Crippen LogP contribution in [0, 0.1) is 0 Å². The Balaban J connectivity index is 1.65. The maximum absolute atomic E-state index is 12.3. The molecule has 2 aromatic carbocycles. The molecular weight excluding hydrogens is 418 g/mol. The standard InChI is InChI=1S/C19H18ClN3O5S/c1-25-12-5-6-13(16(9-12)27-3)18-22-23-19(28-18)29-10-17(24)21-14-8-11(20)4-7-15(14)26-2/h4-9H,10H2,1-3H3,(H,21,24). The van der Waals surface area contributed by atoms with E-state index in [1.807, 2.05) is 0 Å². The summed E-state index contributed by atoms with van der Waals surface area (Å²) >= 11 is 7.08. The summed E-state index contributed by atoms with van der Waals surface area (Å²) in [5, 5.41) is 11.5. The van der Waals surface area contributed by atoms with E-state index in [1.165, 1.54) is 7.11 Å². The summed E-state index contributed by atoms with van der Waals surface area (Å²) in [7, 11) is 4.62. The zero-order chi connectivity index (χ0) is 20.8. The monoisotopic (exact) mass is 435 g/mol. The molecule has 0 saturated heterocycles. The number of halogens is 1. The highest BCUT2D eigenvalue weighted by Crippen LogP contribution is 2.34. The first kappa shape index (κ1) is 20.8. The highest BCUT2D eigenvalue weighted by molar-refractivity contribution is 7.99. The van der Waals surface area contributed by atoms with Crippen LogP contribution in [0.1, 0.15) is 0 Å². The van der Waals surface area contributed by atoms with Crippen molar-refractivity contribution < 1.29 is 23.4 Å². The smallest absolute Gasteiger partial charge is 0.277 e. The van der Waals surface area contributed by atoms with Gasteiger partial charge in [0.05, 0.1) is 38.3 Å². The van der Waals surface area contributed by atoms with E-state index in [4.69, 9.17) is 30.2 Å². The summed E-state index contributed by atoms with van der Waals surface area (Å²) in [4.78, 5) is 12.3. The molecule has 3 aromatic rings. The summed E-state index contributed by atoms with van der Waals surface area (Å²) in [6.07, 6.45) is 0. The van der Waals surface area contributed by atoms with Gasteiger partial charge in [-0.1, -0.05) is 23.4 Å². The van der Waals surface area contributed by atoms with Crippen LogP contribution in [0.15, 0.2) is 46.0 Å². The highest BCUT2D eigenvalue weighted by atomic mass is 35.5. The number of carbonyl (C=O) groups excluding carboxylic acids is 1. The molecule has 0 radical (unpaired) electrons. The van der Waals surface area contributed by atoms with Gasteiger partial charge in [0.2, 0.25) is 5.91 Å². The first-order valence-corrected chi connectivity index (χ1v) is 9.72. The van der Waals surface area contributed by atoms with Crippen LogP contribution < -0.4 is 19.5 Å². The van der Waals surface area contributed by atoms with Gasteiger partial charge in [-0.3, -0.25) is 4.79 Å². The fourth-order valence-electron chi connectivity index (χ4n) is 2.44. The van der Waals surface area contributed by atoms with Crippen molar-refractivity contribution in [1.82, 2.24) is 10.2 Å². The van der Waals surface area contributed by atoms with E-state index in [0.29, 0.717) is 33.5 Å². The molecule has 1 aromatic heterocycles. The van der Waals surface area contributed by atoms with Crippen molar-refractivity contribution in [3.8, 4) is 28.7 Å². The van der Waals surface area contributed by atoms with Gasteiger partial charge in [0.1, 0.15) is 17.2 Å². The Bertz CT molecular complexity index is 1010. The lowest BCUT2D eigenvalue weighted by Gasteiger charge is -2.09. The fourth-order valence-corrected chi connectivity index (χ4v) is 3.18. The van der Waals surface area contributed by atoms with Gasteiger partial charge in [-0.25, -0.2) is 0 Å². The van der Waals surface area contributed by atoms with E-state index in [-0.39, 0.29) is 22.8 Å². The second-order valence-corrected chi connectivity index (χ2v) is 6.98. The number of nitrogens with one attached hydrogen (secondary N) is 1. The fraction of sp³-hybridized carbons (Fsp3) is 0.211. The Kier molecular flexibility index (Phi) is 6.84. The van der Waals surface area contributed by atoms with E-state index < -0.39 is 0 Å². The van der Waals surface area contributed by atoms with Gasteiger partial charge < -0.3 is 23.9 Å². The van der Waals surface area contributed by atoms with Crippen molar-refractivity contribution >= 4 is 35.0 Å². The molecule has 0 unspecified atom stereocenters. The summed E-state index contributed by atoms with van der Waals surface area (Å²) in [5.41, 5.74) is 1.11. The topological polar surface area (TPSA) is 95.7 Å². The SMILES string of the molecule is COc1ccc(-c2nnc(SCC(=O)Nc3cc(Cl)ccc3OC)o2)c(OC)c1. The lowest BCUT2D eigenvalue weighted by atomic mass is 10.2. The van der Waals surface area contributed by atoms with Crippen LogP contribution in [0.4, 0.5) is 5.69 Å². The van der Waals surface area contributed by atoms with E-state index >= 15 is 0 Å². The molecule has 152 valence electrons. The molecule has 3 rings (SSSR count). The van der Waals surface area contributed by atoms with Crippen molar-refractivity contribution in [1.29, 1.82) is 0 Å². The van der Waals surface area contributed by atoms with E-state index in [9.17, 15) is 4.79 Å². The number of aromatic nitrogens is 2. The molecule has 0 fully saturated rings. The average Bonchev–Trinajstić information content (AvgIpc) is 3.20. The van der Waals surface area contributed by atoms with Crippen molar-refractivity contribution in [2.24, 2.45) is 0 Å². The number of amides is 1. The second kappa shape index (κ2) is 9.53. The number of hydrogen-bond donors (Lipinski definition) is 1. The summed E-state index contributed by atoms with van der Waals surface area (Å²) in [6.45, 7) is 0. The number of carbonyl (C=O) groups is 1. The van der Waals surface area contributed by atoms with E-state index in [1.54, 1.807) is 50.6 Å². The number of ether oxygens (including phenoxy) is 3. The number of hydrogen-bond acceptors (Lipinski definition) is 8. The van der Waals surface area contributed by atoms with Gasteiger partial charge >= 0.3 is 0 Å². The van der Waals surface area contributed by atoms with Crippen LogP contribution in [0.25, 0.3) is 11.5 Å². The minimum atomic E-state index is -0.266. The molecule has 8 nitrogen and oxygen atoms in total. The van der Waals surface area contributed by atoms with Crippen molar-refractivity contribution in [2.45, 2.75) is 5.22 Å². The molecule has 0 atom stereocenters. The lowest BCUT2D eigenvalue weighted by molar-refractivity contribution is -0.113. The van der Waals surface area contributed by atoms with E-state index in [2.05, 4.69) is 15.5 Å². The van der Waals surface area contributed by atoms with Gasteiger partial charge in [0.15, 0.2) is 0 Å². The molecule has 0 aliphatic heterocycles. The molecule has 0 aliphatic rings. The molecule has 10 heteroatoms. The zero-order valence-electron chi connectivity index (χ0n) is 15.9. The number of thioether (sulfide) groups is 1. The van der Waals surface area contributed by atoms with Gasteiger partial charge in [-0.05, 0) is 30.3 Å². The van der Waals surface area contributed by atoms with Crippen LogP contribution >= 0.6 is 23.4 Å². The lowest BCUT2D eigenvalue weighted by Crippen LogP contribution is -2.14. The highest BCUT2D eigenvalue weighted by Gasteiger charge is 2.16. The number of anilines is 1. The molecular formula is C19H18ClN3O5S. The number of rotatable bonds is 8. The molecule has 29 heavy (non-hydrogen) atoms. The second-order valence-electron chi connectivity index (χ2n) is 5.62. The van der Waals surface area contributed by atoms with Gasteiger partial charge in [0, 0.05) is 11.1 Å². The number of methoxy groups -OCH3 is 3.